The number of aromatic nitrogens is 2. The third-order valence-corrected chi connectivity index (χ3v) is 8.63. The van der Waals surface area contributed by atoms with Crippen molar-refractivity contribution < 1.29 is 27.7 Å². The molecule has 4 aromatic rings. The fourth-order valence-corrected chi connectivity index (χ4v) is 6.23. The number of hydrogen-bond acceptors (Lipinski definition) is 9. The first-order valence-corrected chi connectivity index (χ1v) is 15.1. The second-order valence-electron chi connectivity index (χ2n) is 10.1. The minimum absolute atomic E-state index is 0.00551. The number of fused-ring (bicyclic) bond motifs is 1. The van der Waals surface area contributed by atoms with E-state index in [0.717, 1.165) is 31.6 Å². The summed E-state index contributed by atoms with van der Waals surface area (Å²) in [5.74, 6) is 1.15. The van der Waals surface area contributed by atoms with Gasteiger partial charge >= 0.3 is 5.69 Å². The van der Waals surface area contributed by atoms with Crippen molar-refractivity contribution in [2.24, 2.45) is 0 Å². The lowest BCUT2D eigenvalue weighted by Crippen LogP contribution is -2.45. The molecule has 0 unspecified atom stereocenters. The van der Waals surface area contributed by atoms with Crippen molar-refractivity contribution in [1.82, 2.24) is 15.3 Å². The third kappa shape index (κ3) is 6.81. The van der Waals surface area contributed by atoms with E-state index >= 15 is 0 Å². The molecule has 0 saturated carbocycles. The van der Waals surface area contributed by atoms with Gasteiger partial charge in [0, 0.05) is 43.1 Å². The Morgan fingerprint density at radius 2 is 1.76 bits per heavy atom. The highest BCUT2D eigenvalue weighted by Gasteiger charge is 2.23. The molecule has 0 spiro atoms. The second kappa shape index (κ2) is 12.8. The van der Waals surface area contributed by atoms with Crippen LogP contribution in [0.3, 0.4) is 0 Å². The zero-order chi connectivity index (χ0) is 29.7. The average Bonchev–Trinajstić information content (AvgIpc) is 3.40. The van der Waals surface area contributed by atoms with Gasteiger partial charge in [-0.25, -0.2) is 13.2 Å². The standard InChI is InChI=1S/C29H35N5O7S/c1-39-23-10-11-25(40-2)27(16-23)42(37,38)33-20-6-8-21(9-7-20)34-14-12-19(13-15-34)30-17-22(35)18-41-26-5-3-4-24-28(26)32-29(36)31-24/h3-11,16,19,22,30,33,35H,12-15,17-18H2,1-2H3,(H2,31,32,36)/t22-/m0/s1. The molecule has 1 aliphatic heterocycles. The Labute approximate surface area is 243 Å². The quantitative estimate of drug-likeness (QED) is 0.166. The molecule has 12 nitrogen and oxygen atoms in total. The molecule has 0 amide bonds. The predicted molar refractivity (Wildman–Crippen MR) is 160 cm³/mol. The van der Waals surface area contributed by atoms with E-state index in [2.05, 4.69) is 24.9 Å². The zero-order valence-electron chi connectivity index (χ0n) is 23.4. The Hall–Kier alpha value is -4.20. The molecule has 1 aliphatic rings. The minimum atomic E-state index is -3.90. The SMILES string of the molecule is COc1ccc(OC)c(S(=O)(=O)Nc2ccc(N3CCC(NC[C@H](O)COc4cccc5[nH]c(=O)[nH]c45)CC3)cc2)c1. The predicted octanol–water partition coefficient (Wildman–Crippen LogP) is 2.67. The van der Waals surface area contributed by atoms with Crippen LogP contribution in [0.1, 0.15) is 12.8 Å². The van der Waals surface area contributed by atoms with Gasteiger partial charge in [0.1, 0.15) is 40.4 Å². The summed E-state index contributed by atoms with van der Waals surface area (Å²) in [5, 5.41) is 13.9. The van der Waals surface area contributed by atoms with Gasteiger partial charge in [-0.3, -0.25) is 4.72 Å². The number of anilines is 2. The number of piperidine rings is 1. The zero-order valence-corrected chi connectivity index (χ0v) is 24.2. The van der Waals surface area contributed by atoms with E-state index in [4.69, 9.17) is 14.2 Å². The number of sulfonamides is 1. The van der Waals surface area contributed by atoms with Crippen molar-refractivity contribution in [3.8, 4) is 17.2 Å². The first-order valence-electron chi connectivity index (χ1n) is 13.6. The molecule has 0 bridgehead atoms. The fraction of sp³-hybridized carbons (Fsp3) is 0.345. The van der Waals surface area contributed by atoms with Crippen molar-refractivity contribution in [2.45, 2.75) is 29.9 Å². The topological polar surface area (TPSA) is 158 Å². The molecule has 2 heterocycles. The molecule has 0 aliphatic carbocycles. The molecule has 42 heavy (non-hydrogen) atoms. The average molecular weight is 598 g/mol. The number of aliphatic hydroxyl groups is 1. The second-order valence-corrected chi connectivity index (χ2v) is 11.7. The number of methoxy groups -OCH3 is 2. The third-order valence-electron chi connectivity index (χ3n) is 7.23. The Kier molecular flexibility index (Phi) is 8.90. The molecule has 1 saturated heterocycles. The van der Waals surface area contributed by atoms with E-state index in [-0.39, 0.29) is 29.0 Å². The number of imidazole rings is 1. The van der Waals surface area contributed by atoms with Crippen LogP contribution in [-0.2, 0) is 10.0 Å². The van der Waals surface area contributed by atoms with Crippen molar-refractivity contribution >= 4 is 32.4 Å². The Bertz CT molecular complexity index is 1660. The maximum Gasteiger partial charge on any atom is 0.323 e. The van der Waals surface area contributed by atoms with Crippen LogP contribution in [0.4, 0.5) is 11.4 Å². The van der Waals surface area contributed by atoms with Gasteiger partial charge in [0.15, 0.2) is 0 Å². The number of aliphatic hydroxyl groups excluding tert-OH is 1. The highest BCUT2D eigenvalue weighted by Crippen LogP contribution is 2.30. The summed E-state index contributed by atoms with van der Waals surface area (Å²) in [4.78, 5) is 19.2. The van der Waals surface area contributed by atoms with Gasteiger partial charge in [0.2, 0.25) is 0 Å². The first kappa shape index (κ1) is 29.3. The first-order chi connectivity index (χ1) is 20.3. The normalized spacial score (nSPS) is 15.0. The number of H-pyrrole nitrogens is 2. The number of nitrogens with one attached hydrogen (secondary N) is 4. The van der Waals surface area contributed by atoms with Crippen molar-refractivity contribution in [3.05, 3.63) is 71.1 Å². The summed E-state index contributed by atoms with van der Waals surface area (Å²) in [7, 11) is -1.01. The molecule has 1 fully saturated rings. The van der Waals surface area contributed by atoms with Crippen molar-refractivity contribution in [2.75, 3.05) is 50.1 Å². The molecule has 13 heteroatoms. The van der Waals surface area contributed by atoms with Crippen LogP contribution in [0.15, 0.2) is 70.4 Å². The van der Waals surface area contributed by atoms with Gasteiger partial charge in [-0.05, 0) is 61.4 Å². The van der Waals surface area contributed by atoms with E-state index in [1.54, 1.807) is 42.5 Å². The molecule has 5 N–H and O–H groups in total. The van der Waals surface area contributed by atoms with Gasteiger partial charge in [0.25, 0.3) is 10.0 Å². The largest absolute Gasteiger partial charge is 0.497 e. The van der Waals surface area contributed by atoms with Crippen LogP contribution in [0.5, 0.6) is 17.2 Å². The summed E-state index contributed by atoms with van der Waals surface area (Å²) < 4.78 is 44.9. The minimum Gasteiger partial charge on any atom is -0.497 e. The van der Waals surface area contributed by atoms with Crippen LogP contribution in [0.25, 0.3) is 11.0 Å². The summed E-state index contributed by atoms with van der Waals surface area (Å²) in [6.07, 6.45) is 1.07. The molecule has 1 atom stereocenters. The number of para-hydroxylation sites is 1. The molecular formula is C29H35N5O7S. The number of benzene rings is 3. The van der Waals surface area contributed by atoms with Crippen molar-refractivity contribution in [3.63, 3.8) is 0 Å². The lowest BCUT2D eigenvalue weighted by molar-refractivity contribution is 0.103. The van der Waals surface area contributed by atoms with E-state index in [0.29, 0.717) is 34.8 Å². The van der Waals surface area contributed by atoms with Crippen molar-refractivity contribution in [1.29, 1.82) is 0 Å². The van der Waals surface area contributed by atoms with E-state index in [1.165, 1.54) is 20.3 Å². The van der Waals surface area contributed by atoms with Gasteiger partial charge in [-0.2, -0.15) is 0 Å². The van der Waals surface area contributed by atoms with Crippen LogP contribution in [0.2, 0.25) is 0 Å². The summed E-state index contributed by atoms with van der Waals surface area (Å²) in [5.41, 5.74) is 2.37. The fourth-order valence-electron chi connectivity index (χ4n) is 4.99. The summed E-state index contributed by atoms with van der Waals surface area (Å²) in [6, 6.07) is 17.5. The van der Waals surface area contributed by atoms with Gasteiger partial charge < -0.3 is 39.5 Å². The van der Waals surface area contributed by atoms with E-state index < -0.39 is 16.1 Å². The van der Waals surface area contributed by atoms with Crippen LogP contribution >= 0.6 is 0 Å². The summed E-state index contributed by atoms with van der Waals surface area (Å²) in [6.45, 7) is 2.12. The molecule has 1 aromatic heterocycles. The van der Waals surface area contributed by atoms with E-state index in [1.807, 2.05) is 12.1 Å². The van der Waals surface area contributed by atoms with E-state index in [9.17, 15) is 18.3 Å². The maximum absolute atomic E-state index is 13.0. The molecule has 3 aromatic carbocycles. The monoisotopic (exact) mass is 597 g/mol. The Morgan fingerprint density at radius 1 is 1.00 bits per heavy atom. The molecule has 224 valence electrons. The number of aromatic amines is 2. The lowest BCUT2D eigenvalue weighted by Gasteiger charge is -2.34. The van der Waals surface area contributed by atoms with Crippen LogP contribution in [0, 0.1) is 0 Å². The smallest absolute Gasteiger partial charge is 0.323 e. The number of nitrogens with zero attached hydrogens (tertiary/aromatic N) is 1. The number of rotatable bonds is 12. The Morgan fingerprint density at radius 3 is 2.48 bits per heavy atom. The van der Waals surface area contributed by atoms with Gasteiger partial charge in [-0.1, -0.05) is 6.07 Å². The highest BCUT2D eigenvalue weighted by molar-refractivity contribution is 7.92. The highest BCUT2D eigenvalue weighted by atomic mass is 32.2. The number of hydrogen-bond donors (Lipinski definition) is 5. The molecule has 0 radical (unpaired) electrons. The van der Waals surface area contributed by atoms with Crippen LogP contribution in [-0.4, -0.2) is 76.1 Å². The lowest BCUT2D eigenvalue weighted by atomic mass is 10.0. The Balaban J connectivity index is 1.09. The molecule has 5 rings (SSSR count). The van der Waals surface area contributed by atoms with Gasteiger partial charge in [0.05, 0.1) is 19.7 Å². The number of ether oxygens (including phenoxy) is 3. The summed E-state index contributed by atoms with van der Waals surface area (Å²) >= 11 is 0. The van der Waals surface area contributed by atoms with Crippen LogP contribution < -0.4 is 34.8 Å². The maximum atomic E-state index is 13.0. The molecular weight excluding hydrogens is 562 g/mol. The van der Waals surface area contributed by atoms with Gasteiger partial charge in [-0.15, -0.1) is 0 Å².